The number of para-hydroxylation sites is 1. The van der Waals surface area contributed by atoms with E-state index in [0.29, 0.717) is 11.7 Å². The molecule has 0 bridgehead atoms. The molecule has 0 aliphatic carbocycles. The number of aliphatic hydroxyl groups is 1. The largest absolute Gasteiger partial charge is 0.458 e. The summed E-state index contributed by atoms with van der Waals surface area (Å²) in [4.78, 5) is 0. The summed E-state index contributed by atoms with van der Waals surface area (Å²) in [5.41, 5.74) is 1.95. The maximum Gasteiger partial charge on any atom is 0.138 e. The van der Waals surface area contributed by atoms with Gasteiger partial charge in [-0.05, 0) is 30.9 Å². The molecule has 1 saturated heterocycles. The van der Waals surface area contributed by atoms with E-state index in [-0.39, 0.29) is 6.10 Å². The van der Waals surface area contributed by atoms with Crippen molar-refractivity contribution in [2.75, 3.05) is 6.61 Å². The van der Waals surface area contributed by atoms with Crippen LogP contribution in [0.1, 0.15) is 30.8 Å². The highest BCUT2D eigenvalue weighted by molar-refractivity contribution is 5.80. The Morgan fingerprint density at radius 3 is 2.89 bits per heavy atom. The van der Waals surface area contributed by atoms with E-state index < -0.39 is 6.10 Å². The third-order valence-electron chi connectivity index (χ3n) is 3.81. The molecular formula is C15H18O3. The van der Waals surface area contributed by atoms with E-state index in [4.69, 9.17) is 9.15 Å². The average molecular weight is 246 g/mol. The molecule has 2 heterocycles. The summed E-state index contributed by atoms with van der Waals surface area (Å²) in [7, 11) is 0. The predicted octanol–water partition coefficient (Wildman–Crippen LogP) is 3.20. The summed E-state index contributed by atoms with van der Waals surface area (Å²) in [5, 5.41) is 11.4. The molecule has 0 spiro atoms. The smallest absolute Gasteiger partial charge is 0.138 e. The lowest BCUT2D eigenvalue weighted by atomic mass is 9.98. The van der Waals surface area contributed by atoms with Crippen LogP contribution in [0, 0.1) is 12.8 Å². The molecule has 0 radical (unpaired) electrons. The first-order chi connectivity index (χ1) is 8.66. The van der Waals surface area contributed by atoms with Gasteiger partial charge in [-0.1, -0.05) is 25.1 Å². The summed E-state index contributed by atoms with van der Waals surface area (Å²) >= 11 is 0. The van der Waals surface area contributed by atoms with Gasteiger partial charge in [0.15, 0.2) is 0 Å². The Labute approximate surface area is 106 Å². The highest BCUT2D eigenvalue weighted by Gasteiger charge is 2.33. The van der Waals surface area contributed by atoms with Crippen molar-refractivity contribution >= 4 is 11.0 Å². The summed E-state index contributed by atoms with van der Waals surface area (Å²) < 4.78 is 11.4. The van der Waals surface area contributed by atoms with Crippen LogP contribution in [-0.4, -0.2) is 17.8 Å². The molecule has 1 aromatic carbocycles. The summed E-state index contributed by atoms with van der Waals surface area (Å²) in [5.74, 6) is 0.979. The number of aliphatic hydroxyl groups excluding tert-OH is 1. The van der Waals surface area contributed by atoms with Crippen LogP contribution in [0.4, 0.5) is 0 Å². The number of hydrogen-bond donors (Lipinski definition) is 1. The fourth-order valence-electron chi connectivity index (χ4n) is 2.66. The van der Waals surface area contributed by atoms with Crippen LogP contribution in [0.25, 0.3) is 11.0 Å². The Bertz CT molecular complexity index is 558. The zero-order chi connectivity index (χ0) is 12.7. The standard InChI is InChI=1S/C15H18O3/c1-9-4-3-5-11-8-12(18-14(9)11)13(16)15-10(2)6-7-17-15/h3-5,8,10,13,15-16H,6-7H2,1-2H3. The molecule has 0 amide bonds. The fraction of sp³-hybridized carbons (Fsp3) is 0.467. The first-order valence-electron chi connectivity index (χ1n) is 6.45. The van der Waals surface area contributed by atoms with Crippen molar-refractivity contribution in [3.8, 4) is 0 Å². The molecule has 3 nitrogen and oxygen atoms in total. The number of ether oxygens (including phenoxy) is 1. The van der Waals surface area contributed by atoms with Gasteiger partial charge in [0.2, 0.25) is 0 Å². The predicted molar refractivity (Wildman–Crippen MR) is 69.4 cm³/mol. The fourth-order valence-corrected chi connectivity index (χ4v) is 2.66. The molecule has 3 heteroatoms. The van der Waals surface area contributed by atoms with Gasteiger partial charge in [0.05, 0.1) is 6.10 Å². The summed E-state index contributed by atoms with van der Waals surface area (Å²) in [6.07, 6.45) is 0.182. The van der Waals surface area contributed by atoms with Gasteiger partial charge in [-0.15, -0.1) is 0 Å². The van der Waals surface area contributed by atoms with Gasteiger partial charge in [-0.25, -0.2) is 0 Å². The van der Waals surface area contributed by atoms with Crippen LogP contribution in [-0.2, 0) is 4.74 Å². The summed E-state index contributed by atoms with van der Waals surface area (Å²) in [6.45, 7) is 4.84. The van der Waals surface area contributed by atoms with E-state index >= 15 is 0 Å². The van der Waals surface area contributed by atoms with Gasteiger partial charge in [-0.3, -0.25) is 0 Å². The van der Waals surface area contributed by atoms with Gasteiger partial charge in [0.1, 0.15) is 17.4 Å². The summed E-state index contributed by atoms with van der Waals surface area (Å²) in [6, 6.07) is 7.93. The van der Waals surface area contributed by atoms with Crippen LogP contribution >= 0.6 is 0 Å². The van der Waals surface area contributed by atoms with Crippen molar-refractivity contribution in [2.24, 2.45) is 5.92 Å². The Kier molecular flexibility index (Phi) is 2.88. The van der Waals surface area contributed by atoms with Crippen LogP contribution < -0.4 is 0 Å². The first-order valence-corrected chi connectivity index (χ1v) is 6.45. The molecule has 1 aromatic heterocycles. The molecule has 18 heavy (non-hydrogen) atoms. The second kappa shape index (κ2) is 4.41. The number of fused-ring (bicyclic) bond motifs is 1. The molecule has 96 valence electrons. The van der Waals surface area contributed by atoms with Crippen molar-refractivity contribution in [2.45, 2.75) is 32.5 Å². The van der Waals surface area contributed by atoms with Crippen molar-refractivity contribution < 1.29 is 14.3 Å². The SMILES string of the molecule is Cc1cccc2cc(C(O)C3OCCC3C)oc12. The monoisotopic (exact) mass is 246 g/mol. The molecule has 1 N–H and O–H groups in total. The molecule has 3 atom stereocenters. The number of aryl methyl sites for hydroxylation is 1. The van der Waals surface area contributed by atoms with Gasteiger partial charge in [0.25, 0.3) is 0 Å². The average Bonchev–Trinajstić information content (AvgIpc) is 2.95. The van der Waals surface area contributed by atoms with Gasteiger partial charge in [0, 0.05) is 12.0 Å². The lowest BCUT2D eigenvalue weighted by Gasteiger charge is -2.19. The van der Waals surface area contributed by atoms with E-state index in [1.807, 2.05) is 31.2 Å². The number of benzene rings is 1. The minimum absolute atomic E-state index is 0.147. The molecule has 1 aliphatic rings. The van der Waals surface area contributed by atoms with Crippen LogP contribution in [0.3, 0.4) is 0 Å². The van der Waals surface area contributed by atoms with Crippen molar-refractivity contribution in [3.63, 3.8) is 0 Å². The van der Waals surface area contributed by atoms with Gasteiger partial charge < -0.3 is 14.3 Å². The highest BCUT2D eigenvalue weighted by atomic mass is 16.5. The number of hydrogen-bond acceptors (Lipinski definition) is 3. The van der Waals surface area contributed by atoms with E-state index in [9.17, 15) is 5.11 Å². The molecule has 1 fully saturated rings. The molecule has 3 unspecified atom stereocenters. The topological polar surface area (TPSA) is 42.6 Å². The van der Waals surface area contributed by atoms with Gasteiger partial charge in [-0.2, -0.15) is 0 Å². The van der Waals surface area contributed by atoms with Gasteiger partial charge >= 0.3 is 0 Å². The molecule has 2 aromatic rings. The van der Waals surface area contributed by atoms with Crippen LogP contribution in [0.15, 0.2) is 28.7 Å². The Hall–Kier alpha value is -1.32. The van der Waals surface area contributed by atoms with E-state index in [1.165, 1.54) is 0 Å². The highest BCUT2D eigenvalue weighted by Crippen LogP contribution is 2.34. The Morgan fingerprint density at radius 1 is 1.39 bits per heavy atom. The Balaban J connectivity index is 1.96. The second-order valence-electron chi connectivity index (χ2n) is 5.19. The van der Waals surface area contributed by atoms with E-state index in [0.717, 1.165) is 29.6 Å². The third-order valence-corrected chi connectivity index (χ3v) is 3.81. The molecular weight excluding hydrogens is 228 g/mol. The normalized spacial score (nSPS) is 25.7. The quantitative estimate of drug-likeness (QED) is 0.884. The second-order valence-corrected chi connectivity index (χ2v) is 5.19. The van der Waals surface area contributed by atoms with E-state index in [1.54, 1.807) is 0 Å². The minimum Gasteiger partial charge on any atom is -0.458 e. The maximum atomic E-state index is 10.4. The first kappa shape index (κ1) is 11.8. The zero-order valence-corrected chi connectivity index (χ0v) is 10.7. The molecule has 1 aliphatic heterocycles. The van der Waals surface area contributed by atoms with Crippen molar-refractivity contribution in [3.05, 3.63) is 35.6 Å². The maximum absolute atomic E-state index is 10.4. The van der Waals surface area contributed by atoms with Crippen LogP contribution in [0.5, 0.6) is 0 Å². The molecule has 3 rings (SSSR count). The minimum atomic E-state index is -0.672. The zero-order valence-electron chi connectivity index (χ0n) is 10.7. The lowest BCUT2D eigenvalue weighted by molar-refractivity contribution is -0.0270. The number of rotatable bonds is 2. The van der Waals surface area contributed by atoms with Crippen LogP contribution in [0.2, 0.25) is 0 Å². The van der Waals surface area contributed by atoms with Crippen molar-refractivity contribution in [1.29, 1.82) is 0 Å². The third kappa shape index (κ3) is 1.84. The number of furan rings is 1. The van der Waals surface area contributed by atoms with E-state index in [2.05, 4.69) is 6.92 Å². The van der Waals surface area contributed by atoms with Crippen molar-refractivity contribution in [1.82, 2.24) is 0 Å². The Morgan fingerprint density at radius 2 is 2.22 bits per heavy atom. The molecule has 0 saturated carbocycles. The lowest BCUT2D eigenvalue weighted by Crippen LogP contribution is -2.22.